The minimum Gasteiger partial charge on any atom is -0.493 e. The molecule has 11 nitrogen and oxygen atoms in total. The number of ether oxygens (including phenoxy) is 8. The van der Waals surface area contributed by atoms with Gasteiger partial charge in [-0.25, -0.2) is 0 Å². The fourth-order valence-electron chi connectivity index (χ4n) is 10.8. The van der Waals surface area contributed by atoms with E-state index < -0.39 is 24.3 Å². The van der Waals surface area contributed by atoms with E-state index in [1.807, 2.05) is 54.6 Å². The van der Waals surface area contributed by atoms with Crippen molar-refractivity contribution in [1.29, 1.82) is 0 Å². The molecule has 0 aliphatic carbocycles. The molecule has 4 aliphatic rings. The third-order valence-corrected chi connectivity index (χ3v) is 17.4. The lowest BCUT2D eigenvalue weighted by Gasteiger charge is -2.46. The summed E-state index contributed by atoms with van der Waals surface area (Å²) < 4.78 is 65.0. The Morgan fingerprint density at radius 2 is 0.896 bits per heavy atom. The Bertz CT molecular complexity index is 2380. The number of rotatable bonds is 19. The van der Waals surface area contributed by atoms with Crippen molar-refractivity contribution >= 4 is 7.60 Å². The fraction of sp³-hybridized carbons (Fsp3) is 0.564. The van der Waals surface area contributed by atoms with Gasteiger partial charge in [0.1, 0.15) is 63.4 Å². The van der Waals surface area contributed by atoms with Crippen LogP contribution in [-0.2, 0) is 30.2 Å². The molecule has 0 aromatic heterocycles. The van der Waals surface area contributed by atoms with Gasteiger partial charge in [-0.15, -0.1) is 0 Å². The molecule has 4 heterocycles. The minimum atomic E-state index is -4.78. The Hall–Kier alpha value is -4.57. The quantitative estimate of drug-likeness (QED) is 0.0871. The zero-order valence-electron chi connectivity index (χ0n) is 40.9. The molecule has 2 N–H and O–H groups in total. The van der Waals surface area contributed by atoms with Gasteiger partial charge in [0.25, 0.3) is 0 Å². The Morgan fingerprint density at radius 3 is 1.28 bits per heavy atom. The summed E-state index contributed by atoms with van der Waals surface area (Å²) in [6, 6.07) is 23.9. The van der Waals surface area contributed by atoms with Crippen molar-refractivity contribution in [3.05, 3.63) is 95.1 Å². The van der Waals surface area contributed by atoms with Crippen molar-refractivity contribution in [2.24, 2.45) is 23.2 Å². The van der Waals surface area contributed by atoms with Gasteiger partial charge < -0.3 is 47.7 Å². The Labute approximate surface area is 398 Å². The highest BCUT2D eigenvalue weighted by Gasteiger charge is 2.51. The molecule has 0 amide bonds. The van der Waals surface area contributed by atoms with Crippen LogP contribution >= 0.6 is 7.60 Å². The second-order valence-electron chi connectivity index (χ2n) is 20.5. The molecule has 0 spiro atoms. The number of hydrogen-bond donors (Lipinski definition) is 2. The summed E-state index contributed by atoms with van der Waals surface area (Å²) in [4.78, 5) is 22.7. The molecule has 12 heteroatoms. The van der Waals surface area contributed by atoms with E-state index in [-0.39, 0.29) is 42.5 Å². The lowest BCUT2D eigenvalue weighted by Crippen LogP contribution is -2.48. The lowest BCUT2D eigenvalue weighted by molar-refractivity contribution is -0.0394. The Kier molecular flexibility index (Phi) is 15.0. The molecule has 8 rings (SSSR count). The smallest absolute Gasteiger partial charge is 0.335 e. The number of hydrogen-bond acceptors (Lipinski definition) is 9. The van der Waals surface area contributed by atoms with E-state index in [9.17, 15) is 14.4 Å². The molecule has 0 fully saturated rings. The SMILES string of the molecule is CC(CC(C)(C(C)Oc1ccc2c(c1)CCCO2)P(=O)(O)O)C(CC(C(C)Oc1ccc2c(c1)CCCO2)C(C)(C)C(C)Oc1ccc2c(c1)CCCO2)C(C)Oc1ccc2c(c1)CCCO2. The van der Waals surface area contributed by atoms with Gasteiger partial charge in [0.05, 0.1) is 38.6 Å². The molecule has 0 radical (unpaired) electrons. The molecule has 4 aromatic rings. The van der Waals surface area contributed by atoms with E-state index in [4.69, 9.17) is 37.9 Å². The van der Waals surface area contributed by atoms with Gasteiger partial charge in [-0.3, -0.25) is 4.57 Å². The summed E-state index contributed by atoms with van der Waals surface area (Å²) in [5.41, 5.74) is 3.95. The van der Waals surface area contributed by atoms with Crippen LogP contribution in [0.3, 0.4) is 0 Å². The van der Waals surface area contributed by atoms with E-state index in [1.54, 1.807) is 13.8 Å². The van der Waals surface area contributed by atoms with Crippen LogP contribution in [0.4, 0.5) is 0 Å². The van der Waals surface area contributed by atoms with Gasteiger partial charge in [0.15, 0.2) is 0 Å². The van der Waals surface area contributed by atoms with Gasteiger partial charge in [-0.1, -0.05) is 20.8 Å². The van der Waals surface area contributed by atoms with Crippen LogP contribution < -0.4 is 37.9 Å². The van der Waals surface area contributed by atoms with Crippen molar-refractivity contribution in [2.45, 2.75) is 149 Å². The van der Waals surface area contributed by atoms with E-state index >= 15 is 0 Å². The molecular formula is C55H73O11P. The maximum absolute atomic E-state index is 13.9. The highest BCUT2D eigenvalue weighted by Crippen LogP contribution is 2.57. The monoisotopic (exact) mass is 940 g/mol. The first-order valence-electron chi connectivity index (χ1n) is 24.7. The average Bonchev–Trinajstić information content (AvgIpc) is 3.31. The summed E-state index contributed by atoms with van der Waals surface area (Å²) >= 11 is 0. The molecule has 0 saturated heterocycles. The minimum absolute atomic E-state index is 0.140. The molecule has 364 valence electrons. The predicted octanol–water partition coefficient (Wildman–Crippen LogP) is 11.8. The largest absolute Gasteiger partial charge is 0.493 e. The fourth-order valence-corrected chi connectivity index (χ4v) is 11.9. The Morgan fingerprint density at radius 1 is 0.537 bits per heavy atom. The van der Waals surface area contributed by atoms with Gasteiger partial charge in [-0.05, 0) is 206 Å². The predicted molar refractivity (Wildman–Crippen MR) is 261 cm³/mol. The van der Waals surface area contributed by atoms with Crippen molar-refractivity contribution in [2.75, 3.05) is 26.4 Å². The number of benzene rings is 4. The molecule has 8 unspecified atom stereocenters. The van der Waals surface area contributed by atoms with Crippen molar-refractivity contribution < 1.29 is 52.2 Å². The van der Waals surface area contributed by atoms with Crippen LogP contribution in [0.2, 0.25) is 0 Å². The van der Waals surface area contributed by atoms with Crippen LogP contribution in [0.5, 0.6) is 46.0 Å². The van der Waals surface area contributed by atoms with E-state index in [1.165, 1.54) is 0 Å². The van der Waals surface area contributed by atoms with Crippen LogP contribution in [0.25, 0.3) is 0 Å². The van der Waals surface area contributed by atoms with Crippen LogP contribution in [-0.4, -0.2) is 65.8 Å². The average molecular weight is 941 g/mol. The van der Waals surface area contributed by atoms with Crippen molar-refractivity contribution in [3.63, 3.8) is 0 Å². The first-order valence-corrected chi connectivity index (χ1v) is 26.3. The second-order valence-corrected chi connectivity index (χ2v) is 22.6. The summed E-state index contributed by atoms with van der Waals surface area (Å²) in [7, 11) is -4.78. The summed E-state index contributed by atoms with van der Waals surface area (Å²) in [6.07, 6.45) is 6.38. The number of aryl methyl sites for hydroxylation is 4. The van der Waals surface area contributed by atoms with E-state index in [0.29, 0.717) is 32.0 Å². The Balaban J connectivity index is 1.13. The standard InChI is InChI=1S/C55H73O11P/c1-35(34-55(8,67(56,57)58)39(5)66-47-20-24-53-43(32-47)16-12-28-62-53)48(36(2)63-44-17-21-50-40(29-44)13-9-25-59-50)33-49(37(3)64-45-18-22-51-41(30-45)14-10-26-60-51)54(6,7)38(4)65-46-19-23-52-42(31-46)15-11-27-61-52/h17-24,29-32,35-39,48-49H,9-16,25-28,33-34H2,1-8H3,(H2,56,57,58). The third kappa shape index (κ3) is 11.2. The van der Waals surface area contributed by atoms with Crippen molar-refractivity contribution in [1.82, 2.24) is 0 Å². The van der Waals surface area contributed by atoms with E-state index in [0.717, 1.165) is 120 Å². The van der Waals surface area contributed by atoms with Crippen molar-refractivity contribution in [3.8, 4) is 46.0 Å². The van der Waals surface area contributed by atoms with Crippen LogP contribution in [0.15, 0.2) is 72.8 Å². The molecule has 67 heavy (non-hydrogen) atoms. The molecule has 8 atom stereocenters. The highest BCUT2D eigenvalue weighted by atomic mass is 31.2. The highest BCUT2D eigenvalue weighted by molar-refractivity contribution is 7.53. The third-order valence-electron chi connectivity index (χ3n) is 15.5. The number of fused-ring (bicyclic) bond motifs is 4. The normalized spacial score (nSPS) is 19.7. The van der Waals surface area contributed by atoms with Crippen LogP contribution in [0, 0.1) is 23.2 Å². The molecule has 4 aliphatic heterocycles. The zero-order valence-corrected chi connectivity index (χ0v) is 41.8. The molecule has 0 saturated carbocycles. The first-order chi connectivity index (χ1) is 32.0. The summed E-state index contributed by atoms with van der Waals surface area (Å²) in [5.74, 6) is 5.79. The first kappa shape index (κ1) is 48.9. The lowest BCUT2D eigenvalue weighted by atomic mass is 9.66. The topological polar surface area (TPSA) is 131 Å². The molecular weight excluding hydrogens is 868 g/mol. The van der Waals surface area contributed by atoms with Crippen LogP contribution in [0.1, 0.15) is 116 Å². The summed E-state index contributed by atoms with van der Waals surface area (Å²) in [6.45, 7) is 19.2. The molecule has 4 aromatic carbocycles. The maximum Gasteiger partial charge on any atom is 0.335 e. The second kappa shape index (κ2) is 20.6. The van der Waals surface area contributed by atoms with Gasteiger partial charge in [0, 0.05) is 11.3 Å². The van der Waals surface area contributed by atoms with Gasteiger partial charge in [0.2, 0.25) is 0 Å². The van der Waals surface area contributed by atoms with Gasteiger partial charge >= 0.3 is 7.60 Å². The van der Waals surface area contributed by atoms with E-state index in [2.05, 4.69) is 59.7 Å². The summed E-state index contributed by atoms with van der Waals surface area (Å²) in [5, 5.41) is -1.55. The zero-order chi connectivity index (χ0) is 47.5. The van der Waals surface area contributed by atoms with Gasteiger partial charge in [-0.2, -0.15) is 0 Å². The maximum atomic E-state index is 13.9. The molecule has 0 bridgehead atoms.